The van der Waals surface area contributed by atoms with Gasteiger partial charge in [0.25, 0.3) is 0 Å². The van der Waals surface area contributed by atoms with Crippen LogP contribution < -0.4 is 0 Å². The molecule has 0 aliphatic rings. The molecule has 0 spiro atoms. The van der Waals surface area contributed by atoms with Crippen molar-refractivity contribution < 1.29 is 9.84 Å². The number of methoxy groups -OCH3 is 1. The van der Waals surface area contributed by atoms with Gasteiger partial charge in [-0.05, 0) is 6.42 Å². The lowest BCUT2D eigenvalue weighted by Crippen LogP contribution is -2.08. The molecule has 1 N–H and O–H groups in total. The minimum Gasteiger partial charge on any atom is -0.490 e. The Balaban J connectivity index is 3.96. The van der Waals surface area contributed by atoms with Gasteiger partial charge in [0.15, 0.2) is 5.76 Å². The van der Waals surface area contributed by atoms with Crippen LogP contribution in [0.4, 0.5) is 0 Å². The molecule has 0 saturated heterocycles. The summed E-state index contributed by atoms with van der Waals surface area (Å²) < 4.78 is 4.75. The minimum atomic E-state index is -0.549. The van der Waals surface area contributed by atoms with E-state index in [1.165, 1.54) is 7.11 Å². The lowest BCUT2D eigenvalue weighted by molar-refractivity contribution is 0.126. The maximum atomic E-state index is 9.05. The van der Waals surface area contributed by atoms with Gasteiger partial charge in [-0.3, -0.25) is 0 Å². The summed E-state index contributed by atoms with van der Waals surface area (Å²) in [5.41, 5.74) is 2.50. The number of ether oxygens (including phenoxy) is 1. The molecule has 1 unspecified atom stereocenters. The Morgan fingerprint density at radius 3 is 2.56 bits per heavy atom. The highest BCUT2D eigenvalue weighted by atomic mass is 16.5. The summed E-state index contributed by atoms with van der Waals surface area (Å²) >= 11 is 0. The molecule has 0 aromatic heterocycles. The predicted octanol–water partition coefficient (Wildman–Crippen LogP) is 1.07. The second-order valence-electron chi connectivity index (χ2n) is 1.67. The lowest BCUT2D eigenvalue weighted by atomic mass is 10.2. The summed E-state index contributed by atoms with van der Waals surface area (Å²) in [5, 5.41) is 9.05. The van der Waals surface area contributed by atoms with E-state index >= 15 is 0 Å². The number of aliphatic hydroxyl groups excluding tert-OH is 1. The molecule has 2 heteroatoms. The molecule has 9 heavy (non-hydrogen) atoms. The molecule has 52 valence electrons. The van der Waals surface area contributed by atoms with E-state index < -0.39 is 6.10 Å². The molecule has 0 amide bonds. The van der Waals surface area contributed by atoms with Gasteiger partial charge in [-0.15, -0.1) is 0 Å². The zero-order valence-electron chi connectivity index (χ0n) is 5.85. The molecule has 0 aromatic carbocycles. The zero-order chi connectivity index (χ0) is 7.28. The van der Waals surface area contributed by atoms with Crippen LogP contribution in [0.25, 0.3) is 0 Å². The highest BCUT2D eigenvalue weighted by Gasteiger charge is 2.05. The van der Waals surface area contributed by atoms with Crippen LogP contribution in [0, 0.1) is 0 Å². The zero-order valence-corrected chi connectivity index (χ0v) is 5.85. The molecular formula is C7H12O2. The fourth-order valence-electron chi connectivity index (χ4n) is 0.511. The topological polar surface area (TPSA) is 29.5 Å². The van der Waals surface area contributed by atoms with Crippen LogP contribution in [-0.2, 0) is 4.74 Å². The van der Waals surface area contributed by atoms with E-state index in [2.05, 4.69) is 12.3 Å². The van der Waals surface area contributed by atoms with Crippen LogP contribution in [0.2, 0.25) is 0 Å². The van der Waals surface area contributed by atoms with Crippen molar-refractivity contribution in [2.24, 2.45) is 0 Å². The molecule has 0 fully saturated rings. The van der Waals surface area contributed by atoms with Gasteiger partial charge in [-0.25, -0.2) is 0 Å². The molecule has 0 rings (SSSR count). The Labute approximate surface area is 55.5 Å². The molecule has 0 aliphatic carbocycles. The Bertz CT molecular complexity index is 123. The summed E-state index contributed by atoms with van der Waals surface area (Å²) in [7, 11) is 1.49. The van der Waals surface area contributed by atoms with Crippen molar-refractivity contribution in [1.82, 2.24) is 0 Å². The first-order valence-electron chi connectivity index (χ1n) is 2.88. The molecular weight excluding hydrogens is 116 g/mol. The van der Waals surface area contributed by atoms with Crippen molar-refractivity contribution in [2.45, 2.75) is 19.4 Å². The Morgan fingerprint density at radius 2 is 2.44 bits per heavy atom. The van der Waals surface area contributed by atoms with Crippen LogP contribution in [0.1, 0.15) is 13.3 Å². The van der Waals surface area contributed by atoms with Gasteiger partial charge < -0.3 is 9.84 Å². The summed E-state index contributed by atoms with van der Waals surface area (Å²) in [4.78, 5) is 0. The molecule has 2 nitrogen and oxygen atoms in total. The first-order chi connectivity index (χ1) is 4.26. The van der Waals surface area contributed by atoms with E-state index in [0.29, 0.717) is 12.2 Å². The van der Waals surface area contributed by atoms with E-state index in [1.54, 1.807) is 0 Å². The van der Waals surface area contributed by atoms with Gasteiger partial charge in [0.05, 0.1) is 7.11 Å². The van der Waals surface area contributed by atoms with Gasteiger partial charge in [-0.2, -0.15) is 0 Å². The fraction of sp³-hybridized carbons (Fsp3) is 0.571. The first-order valence-corrected chi connectivity index (χ1v) is 2.88. The van der Waals surface area contributed by atoms with E-state index in [4.69, 9.17) is 9.84 Å². The lowest BCUT2D eigenvalue weighted by Gasteiger charge is -2.07. The van der Waals surface area contributed by atoms with Crippen molar-refractivity contribution in [1.29, 1.82) is 0 Å². The molecule has 0 radical (unpaired) electrons. The number of hydrogen-bond acceptors (Lipinski definition) is 2. The smallest absolute Gasteiger partial charge is 0.166 e. The van der Waals surface area contributed by atoms with Gasteiger partial charge in [0, 0.05) is 0 Å². The average molecular weight is 128 g/mol. The van der Waals surface area contributed by atoms with Gasteiger partial charge >= 0.3 is 0 Å². The third kappa shape index (κ3) is 2.36. The Hall–Kier alpha value is -0.720. The van der Waals surface area contributed by atoms with Crippen LogP contribution in [-0.4, -0.2) is 18.3 Å². The van der Waals surface area contributed by atoms with Crippen LogP contribution in [0.5, 0.6) is 0 Å². The number of rotatable bonds is 3. The van der Waals surface area contributed by atoms with Crippen molar-refractivity contribution >= 4 is 0 Å². The fourth-order valence-corrected chi connectivity index (χ4v) is 0.511. The minimum absolute atomic E-state index is 0.414. The summed E-state index contributed by atoms with van der Waals surface area (Å²) in [6, 6.07) is 0. The predicted molar refractivity (Wildman–Crippen MR) is 36.0 cm³/mol. The normalized spacial score (nSPS) is 11.9. The summed E-state index contributed by atoms with van der Waals surface area (Å²) in [6.45, 7) is 5.22. The van der Waals surface area contributed by atoms with E-state index in [-0.39, 0.29) is 0 Å². The summed E-state index contributed by atoms with van der Waals surface area (Å²) in [6.07, 6.45) is 0.0820. The van der Waals surface area contributed by atoms with Crippen molar-refractivity contribution in [2.75, 3.05) is 7.11 Å². The van der Waals surface area contributed by atoms with Crippen LogP contribution >= 0.6 is 0 Å². The van der Waals surface area contributed by atoms with Crippen molar-refractivity contribution in [3.05, 3.63) is 18.1 Å². The summed E-state index contributed by atoms with van der Waals surface area (Å²) in [5.74, 6) is 0.414. The van der Waals surface area contributed by atoms with Gasteiger partial charge in [0.2, 0.25) is 0 Å². The third-order valence-electron chi connectivity index (χ3n) is 1.08. The van der Waals surface area contributed by atoms with Crippen molar-refractivity contribution in [3.63, 3.8) is 0 Å². The van der Waals surface area contributed by atoms with E-state index in [1.807, 2.05) is 6.92 Å². The van der Waals surface area contributed by atoms with E-state index in [9.17, 15) is 0 Å². The standard InChI is InChI=1S/C7H12O2/c1-4-6(8)7(5-2)9-3/h6,8H,2,4H2,1,3H3. The molecule has 0 heterocycles. The Kier molecular flexibility index (Phi) is 3.85. The quantitative estimate of drug-likeness (QED) is 0.455. The Morgan fingerprint density at radius 1 is 1.89 bits per heavy atom. The molecule has 0 aliphatic heterocycles. The average Bonchev–Trinajstić information content (AvgIpc) is 1.90. The number of hydrogen-bond donors (Lipinski definition) is 1. The third-order valence-corrected chi connectivity index (χ3v) is 1.08. The maximum absolute atomic E-state index is 9.05. The maximum Gasteiger partial charge on any atom is 0.166 e. The van der Waals surface area contributed by atoms with E-state index in [0.717, 1.165) is 0 Å². The molecule has 0 bridgehead atoms. The SMILES string of the molecule is C=C=C(OC)C(O)CC. The molecule has 1 atom stereocenters. The van der Waals surface area contributed by atoms with Crippen LogP contribution in [0.15, 0.2) is 18.1 Å². The highest BCUT2D eigenvalue weighted by molar-refractivity contribution is 4.95. The van der Waals surface area contributed by atoms with Gasteiger partial charge in [0.1, 0.15) is 6.10 Å². The van der Waals surface area contributed by atoms with Crippen LogP contribution in [0.3, 0.4) is 0 Å². The largest absolute Gasteiger partial charge is 0.490 e. The molecule has 0 saturated carbocycles. The highest BCUT2D eigenvalue weighted by Crippen LogP contribution is 2.03. The second kappa shape index (κ2) is 4.19. The number of aliphatic hydroxyl groups is 1. The monoisotopic (exact) mass is 128 g/mol. The van der Waals surface area contributed by atoms with Crippen molar-refractivity contribution in [3.8, 4) is 0 Å². The molecule has 0 aromatic rings. The van der Waals surface area contributed by atoms with Gasteiger partial charge in [-0.1, -0.05) is 19.2 Å². The second-order valence-corrected chi connectivity index (χ2v) is 1.67. The first kappa shape index (κ1) is 8.28.